The number of benzene rings is 3. The quantitative estimate of drug-likeness (QED) is 0.161. The standard InChI is InChI=1S/C28H33N5O3/c1-19(20-14-16-23(34)17-15-20)32-26(35)24(13-8-18-31-28(29)30)33-27(36)25(21-9-4-2-5-10-21)22-11-6-3-7-12-22/h2-7,9-12,14-17,19,24-25,34H,8,13,18H2,1H3,(H,32,35)(H,33,36)(H4,29,30,31)/t19-,24-/m0/s1. The van der Waals surface area contributed by atoms with Gasteiger partial charge < -0.3 is 27.2 Å². The number of carbonyl (C=O) groups excluding carboxylic acids is 2. The number of aliphatic imine (C=N–C) groups is 1. The maximum atomic E-state index is 13.6. The summed E-state index contributed by atoms with van der Waals surface area (Å²) in [6.45, 7) is 2.19. The molecule has 3 rings (SSSR count). The molecule has 8 heteroatoms. The Balaban J connectivity index is 1.80. The zero-order valence-electron chi connectivity index (χ0n) is 20.3. The molecule has 0 aromatic heterocycles. The van der Waals surface area contributed by atoms with Crippen molar-refractivity contribution in [1.82, 2.24) is 10.6 Å². The predicted octanol–water partition coefficient (Wildman–Crippen LogP) is 2.94. The molecule has 3 aromatic carbocycles. The lowest BCUT2D eigenvalue weighted by Crippen LogP contribution is -2.48. The molecule has 188 valence electrons. The summed E-state index contributed by atoms with van der Waals surface area (Å²) in [7, 11) is 0. The van der Waals surface area contributed by atoms with Gasteiger partial charge in [-0.15, -0.1) is 0 Å². The Morgan fingerprint density at radius 2 is 1.36 bits per heavy atom. The molecule has 0 aliphatic rings. The molecular formula is C28H33N5O3. The van der Waals surface area contributed by atoms with E-state index in [0.717, 1.165) is 16.7 Å². The topological polar surface area (TPSA) is 143 Å². The first-order valence-corrected chi connectivity index (χ1v) is 11.9. The van der Waals surface area contributed by atoms with Gasteiger partial charge in [0.15, 0.2) is 5.96 Å². The van der Waals surface area contributed by atoms with Gasteiger partial charge in [-0.25, -0.2) is 0 Å². The fourth-order valence-corrected chi connectivity index (χ4v) is 3.97. The summed E-state index contributed by atoms with van der Waals surface area (Å²) in [5.74, 6) is -1.03. The van der Waals surface area contributed by atoms with Crippen LogP contribution in [-0.4, -0.2) is 35.5 Å². The van der Waals surface area contributed by atoms with E-state index in [2.05, 4.69) is 15.6 Å². The molecule has 2 atom stereocenters. The number of guanidine groups is 1. The Morgan fingerprint density at radius 1 is 0.806 bits per heavy atom. The lowest BCUT2D eigenvalue weighted by Gasteiger charge is -2.24. The Kier molecular flexibility index (Phi) is 9.45. The van der Waals surface area contributed by atoms with Crippen LogP contribution in [-0.2, 0) is 9.59 Å². The van der Waals surface area contributed by atoms with Gasteiger partial charge in [-0.05, 0) is 48.6 Å². The lowest BCUT2D eigenvalue weighted by molar-refractivity contribution is -0.129. The monoisotopic (exact) mass is 487 g/mol. The molecule has 0 spiro atoms. The molecule has 0 saturated carbocycles. The molecule has 8 nitrogen and oxygen atoms in total. The number of amides is 2. The van der Waals surface area contributed by atoms with Crippen molar-refractivity contribution in [3.8, 4) is 5.75 Å². The van der Waals surface area contributed by atoms with Crippen molar-refractivity contribution in [2.75, 3.05) is 6.54 Å². The smallest absolute Gasteiger partial charge is 0.243 e. The molecule has 0 aliphatic carbocycles. The first kappa shape index (κ1) is 26.3. The van der Waals surface area contributed by atoms with Crippen LogP contribution < -0.4 is 22.1 Å². The van der Waals surface area contributed by atoms with E-state index in [-0.39, 0.29) is 29.6 Å². The van der Waals surface area contributed by atoms with Gasteiger partial charge in [-0.2, -0.15) is 0 Å². The van der Waals surface area contributed by atoms with Crippen molar-refractivity contribution in [1.29, 1.82) is 0 Å². The largest absolute Gasteiger partial charge is 0.508 e. The number of hydrogen-bond donors (Lipinski definition) is 5. The Hall–Kier alpha value is -4.33. The minimum absolute atomic E-state index is 0.0193. The first-order chi connectivity index (χ1) is 17.3. The number of nitrogens with one attached hydrogen (secondary N) is 2. The summed E-state index contributed by atoms with van der Waals surface area (Å²) in [6.07, 6.45) is 0.859. The van der Waals surface area contributed by atoms with Crippen LogP contribution in [0.2, 0.25) is 0 Å². The molecule has 0 fully saturated rings. The van der Waals surface area contributed by atoms with E-state index in [1.807, 2.05) is 67.6 Å². The van der Waals surface area contributed by atoms with E-state index < -0.39 is 12.0 Å². The van der Waals surface area contributed by atoms with E-state index in [4.69, 9.17) is 11.5 Å². The summed E-state index contributed by atoms with van der Waals surface area (Å²) >= 11 is 0. The Labute approximate surface area is 211 Å². The van der Waals surface area contributed by atoms with Gasteiger partial charge in [-0.3, -0.25) is 14.6 Å². The summed E-state index contributed by atoms with van der Waals surface area (Å²) in [5, 5.41) is 15.5. The number of phenols is 1. The van der Waals surface area contributed by atoms with Gasteiger partial charge in [0.05, 0.1) is 12.0 Å². The zero-order valence-corrected chi connectivity index (χ0v) is 20.3. The second-order valence-corrected chi connectivity index (χ2v) is 8.59. The van der Waals surface area contributed by atoms with E-state index >= 15 is 0 Å². The molecule has 0 bridgehead atoms. The molecule has 2 amide bonds. The number of rotatable bonds is 11. The van der Waals surface area contributed by atoms with Gasteiger partial charge in [0.2, 0.25) is 11.8 Å². The lowest BCUT2D eigenvalue weighted by atomic mass is 9.90. The van der Waals surface area contributed by atoms with Crippen molar-refractivity contribution in [3.05, 3.63) is 102 Å². The minimum Gasteiger partial charge on any atom is -0.508 e. The van der Waals surface area contributed by atoms with Gasteiger partial charge in [0.25, 0.3) is 0 Å². The Morgan fingerprint density at radius 3 is 1.89 bits per heavy atom. The van der Waals surface area contributed by atoms with Gasteiger partial charge in [0.1, 0.15) is 11.8 Å². The molecule has 0 radical (unpaired) electrons. The Bertz CT molecular complexity index is 1110. The van der Waals surface area contributed by atoms with Crippen molar-refractivity contribution in [3.63, 3.8) is 0 Å². The highest BCUT2D eigenvalue weighted by molar-refractivity contribution is 5.92. The molecule has 3 aromatic rings. The third-order valence-corrected chi connectivity index (χ3v) is 5.86. The molecule has 7 N–H and O–H groups in total. The van der Waals surface area contributed by atoms with Crippen LogP contribution in [0.15, 0.2) is 89.9 Å². The number of nitrogens with zero attached hydrogens (tertiary/aromatic N) is 1. The van der Waals surface area contributed by atoms with Crippen LogP contribution in [0.25, 0.3) is 0 Å². The average molecular weight is 488 g/mol. The number of carbonyl (C=O) groups is 2. The number of nitrogens with two attached hydrogens (primary N) is 2. The highest BCUT2D eigenvalue weighted by atomic mass is 16.3. The van der Waals surface area contributed by atoms with Crippen molar-refractivity contribution < 1.29 is 14.7 Å². The van der Waals surface area contributed by atoms with Crippen LogP contribution in [0.1, 0.15) is 48.4 Å². The molecule has 0 heterocycles. The third kappa shape index (κ3) is 7.59. The summed E-state index contributed by atoms with van der Waals surface area (Å²) in [6, 6.07) is 24.4. The van der Waals surface area contributed by atoms with E-state index in [0.29, 0.717) is 19.4 Å². The second kappa shape index (κ2) is 12.9. The third-order valence-electron chi connectivity index (χ3n) is 5.86. The maximum absolute atomic E-state index is 13.6. The number of hydrogen-bond acceptors (Lipinski definition) is 4. The van der Waals surface area contributed by atoms with E-state index in [9.17, 15) is 14.7 Å². The van der Waals surface area contributed by atoms with Crippen molar-refractivity contribution >= 4 is 17.8 Å². The van der Waals surface area contributed by atoms with Crippen LogP contribution in [0.3, 0.4) is 0 Å². The van der Waals surface area contributed by atoms with Crippen molar-refractivity contribution in [2.45, 2.75) is 37.8 Å². The fourth-order valence-electron chi connectivity index (χ4n) is 3.97. The zero-order chi connectivity index (χ0) is 25.9. The van der Waals surface area contributed by atoms with Crippen molar-refractivity contribution in [2.24, 2.45) is 16.5 Å². The molecule has 0 saturated heterocycles. The summed E-state index contributed by atoms with van der Waals surface area (Å²) in [5.41, 5.74) is 13.3. The van der Waals surface area contributed by atoms with Crippen LogP contribution >= 0.6 is 0 Å². The highest BCUT2D eigenvalue weighted by Gasteiger charge is 2.28. The predicted molar refractivity (Wildman–Crippen MR) is 141 cm³/mol. The van der Waals surface area contributed by atoms with Gasteiger partial charge in [-0.1, -0.05) is 72.8 Å². The molecular weight excluding hydrogens is 454 g/mol. The molecule has 36 heavy (non-hydrogen) atoms. The number of phenolic OH excluding ortho intramolecular Hbond substituents is 1. The second-order valence-electron chi connectivity index (χ2n) is 8.59. The van der Waals surface area contributed by atoms with Gasteiger partial charge >= 0.3 is 0 Å². The average Bonchev–Trinajstić information content (AvgIpc) is 2.87. The maximum Gasteiger partial charge on any atom is 0.243 e. The number of aromatic hydroxyl groups is 1. The van der Waals surface area contributed by atoms with Crippen LogP contribution in [0.4, 0.5) is 0 Å². The highest BCUT2D eigenvalue weighted by Crippen LogP contribution is 2.25. The fraction of sp³-hybridized carbons (Fsp3) is 0.250. The van der Waals surface area contributed by atoms with Crippen LogP contribution in [0, 0.1) is 0 Å². The molecule has 0 unspecified atom stereocenters. The van der Waals surface area contributed by atoms with Gasteiger partial charge in [0, 0.05) is 6.54 Å². The summed E-state index contributed by atoms with van der Waals surface area (Å²) < 4.78 is 0. The summed E-state index contributed by atoms with van der Waals surface area (Å²) in [4.78, 5) is 30.9. The van der Waals surface area contributed by atoms with E-state index in [1.54, 1.807) is 24.3 Å². The first-order valence-electron chi connectivity index (χ1n) is 11.9. The minimum atomic E-state index is -0.791. The molecule has 0 aliphatic heterocycles. The SMILES string of the molecule is C[C@H](NC(=O)[C@H](CCCN=C(N)N)NC(=O)C(c1ccccc1)c1ccccc1)c1ccc(O)cc1. The van der Waals surface area contributed by atoms with Crippen LogP contribution in [0.5, 0.6) is 5.75 Å². The normalized spacial score (nSPS) is 12.4. The van der Waals surface area contributed by atoms with E-state index in [1.165, 1.54) is 0 Å².